The molecule has 1 aliphatic rings. The number of likely N-dealkylation sites (N-methyl/N-ethyl adjacent to an activating group) is 1. The second-order valence-electron chi connectivity index (χ2n) is 6.76. The number of likely N-dealkylation sites (tertiary alicyclic amines) is 1. The normalized spacial score (nSPS) is 14.2. The van der Waals surface area contributed by atoms with E-state index in [-0.39, 0.29) is 23.2 Å². The van der Waals surface area contributed by atoms with E-state index in [0.29, 0.717) is 26.2 Å². The Morgan fingerprint density at radius 2 is 1.71 bits per heavy atom. The molecule has 1 aromatic carbocycles. The van der Waals surface area contributed by atoms with E-state index in [1.807, 2.05) is 49.4 Å². The summed E-state index contributed by atoms with van der Waals surface area (Å²) in [5.41, 5.74) is 1.36. The molecule has 6 heteroatoms. The zero-order chi connectivity index (χ0) is 19.8. The first-order valence-corrected chi connectivity index (χ1v) is 9.82. The number of hydrogen-bond acceptors (Lipinski definition) is 4. The highest BCUT2D eigenvalue weighted by atomic mass is 16.2. The Labute approximate surface area is 165 Å². The third kappa shape index (κ3) is 4.82. The molecule has 3 rings (SSSR count). The molecule has 0 radical (unpaired) electrons. The molecular formula is C22H26N4O2. The minimum absolute atomic E-state index is 0.132. The zero-order valence-corrected chi connectivity index (χ0v) is 16.3. The fraction of sp³-hybridized carbons (Fsp3) is 0.364. The lowest BCUT2D eigenvalue weighted by Crippen LogP contribution is -2.39. The van der Waals surface area contributed by atoms with Gasteiger partial charge in [-0.15, -0.1) is 0 Å². The SMILES string of the molecule is CCN(CC=Cc1ccccc1)C(=O)c1nccnc1C(=O)N1CCCCC1. The number of carbonyl (C=O) groups excluding carboxylic acids is 2. The number of rotatable bonds is 6. The van der Waals surface area contributed by atoms with Gasteiger partial charge < -0.3 is 9.80 Å². The molecule has 146 valence electrons. The van der Waals surface area contributed by atoms with Gasteiger partial charge in [0.15, 0.2) is 11.4 Å². The van der Waals surface area contributed by atoms with Gasteiger partial charge in [0, 0.05) is 38.6 Å². The highest BCUT2D eigenvalue weighted by Gasteiger charge is 2.27. The fourth-order valence-electron chi connectivity index (χ4n) is 3.28. The van der Waals surface area contributed by atoms with E-state index in [0.717, 1.165) is 24.8 Å². The molecule has 0 N–H and O–H groups in total. The van der Waals surface area contributed by atoms with E-state index >= 15 is 0 Å². The van der Waals surface area contributed by atoms with Crippen molar-refractivity contribution < 1.29 is 9.59 Å². The number of amides is 2. The molecule has 2 aromatic rings. The van der Waals surface area contributed by atoms with E-state index < -0.39 is 0 Å². The Balaban J connectivity index is 1.74. The van der Waals surface area contributed by atoms with Gasteiger partial charge in [-0.2, -0.15) is 0 Å². The topological polar surface area (TPSA) is 66.4 Å². The average Bonchev–Trinajstić information content (AvgIpc) is 2.77. The Bertz CT molecular complexity index is 829. The van der Waals surface area contributed by atoms with Gasteiger partial charge in [0.2, 0.25) is 0 Å². The van der Waals surface area contributed by atoms with Crippen molar-refractivity contribution in [3.63, 3.8) is 0 Å². The van der Waals surface area contributed by atoms with Crippen molar-refractivity contribution in [1.82, 2.24) is 19.8 Å². The van der Waals surface area contributed by atoms with Gasteiger partial charge in [0.05, 0.1) is 0 Å². The van der Waals surface area contributed by atoms with Gasteiger partial charge in [0.25, 0.3) is 11.8 Å². The van der Waals surface area contributed by atoms with E-state index in [1.165, 1.54) is 12.4 Å². The molecule has 28 heavy (non-hydrogen) atoms. The van der Waals surface area contributed by atoms with Crippen molar-refractivity contribution in [2.45, 2.75) is 26.2 Å². The number of nitrogens with zero attached hydrogens (tertiary/aromatic N) is 4. The van der Waals surface area contributed by atoms with Crippen LogP contribution in [0.1, 0.15) is 52.7 Å². The quantitative estimate of drug-likeness (QED) is 0.774. The summed E-state index contributed by atoms with van der Waals surface area (Å²) in [6, 6.07) is 9.93. The van der Waals surface area contributed by atoms with E-state index in [2.05, 4.69) is 9.97 Å². The van der Waals surface area contributed by atoms with Crippen LogP contribution in [0.3, 0.4) is 0 Å². The first kappa shape index (κ1) is 19.7. The minimum atomic E-state index is -0.270. The molecule has 0 aliphatic carbocycles. The maximum Gasteiger partial charge on any atom is 0.275 e. The molecule has 0 bridgehead atoms. The highest BCUT2D eigenvalue weighted by Crippen LogP contribution is 2.15. The predicted molar refractivity (Wildman–Crippen MR) is 109 cm³/mol. The molecule has 2 heterocycles. The van der Waals surface area contributed by atoms with Crippen molar-refractivity contribution in [1.29, 1.82) is 0 Å². The number of piperidine rings is 1. The Hall–Kier alpha value is -3.02. The Morgan fingerprint density at radius 3 is 2.39 bits per heavy atom. The van der Waals surface area contributed by atoms with Crippen LogP contribution in [-0.4, -0.2) is 57.8 Å². The van der Waals surface area contributed by atoms with Gasteiger partial charge in [-0.3, -0.25) is 9.59 Å². The van der Waals surface area contributed by atoms with Crippen LogP contribution in [0.15, 0.2) is 48.8 Å². The smallest absolute Gasteiger partial charge is 0.275 e. The third-order valence-corrected chi connectivity index (χ3v) is 4.85. The summed E-state index contributed by atoms with van der Waals surface area (Å²) in [5, 5.41) is 0. The largest absolute Gasteiger partial charge is 0.337 e. The van der Waals surface area contributed by atoms with E-state index in [1.54, 1.807) is 9.80 Å². The van der Waals surface area contributed by atoms with Crippen molar-refractivity contribution in [3.8, 4) is 0 Å². The first-order chi connectivity index (χ1) is 13.7. The van der Waals surface area contributed by atoms with Gasteiger partial charge in [-0.1, -0.05) is 42.5 Å². The van der Waals surface area contributed by atoms with Gasteiger partial charge in [0.1, 0.15) is 0 Å². The highest BCUT2D eigenvalue weighted by molar-refractivity contribution is 6.04. The maximum atomic E-state index is 13.0. The molecular weight excluding hydrogens is 352 g/mol. The van der Waals surface area contributed by atoms with Crippen molar-refractivity contribution in [2.75, 3.05) is 26.2 Å². The summed E-state index contributed by atoms with van der Waals surface area (Å²) in [6.45, 7) is 4.29. The minimum Gasteiger partial charge on any atom is -0.337 e. The van der Waals surface area contributed by atoms with Crippen molar-refractivity contribution >= 4 is 17.9 Å². The van der Waals surface area contributed by atoms with Gasteiger partial charge in [-0.25, -0.2) is 9.97 Å². The Kier molecular flexibility index (Phi) is 6.89. The predicted octanol–water partition coefficient (Wildman–Crippen LogP) is 3.28. The average molecular weight is 378 g/mol. The number of carbonyl (C=O) groups is 2. The molecule has 1 saturated heterocycles. The molecule has 1 aliphatic heterocycles. The molecule has 6 nitrogen and oxygen atoms in total. The molecule has 0 atom stereocenters. The van der Waals surface area contributed by atoms with Crippen LogP contribution in [0, 0.1) is 0 Å². The van der Waals surface area contributed by atoms with Gasteiger partial charge in [-0.05, 0) is 31.7 Å². The maximum absolute atomic E-state index is 13.0. The molecule has 2 amide bonds. The summed E-state index contributed by atoms with van der Waals surface area (Å²) < 4.78 is 0. The van der Waals surface area contributed by atoms with E-state index in [4.69, 9.17) is 0 Å². The number of hydrogen-bond donors (Lipinski definition) is 0. The fourth-order valence-corrected chi connectivity index (χ4v) is 3.28. The molecule has 0 saturated carbocycles. The summed E-state index contributed by atoms with van der Waals surface area (Å²) in [4.78, 5) is 37.8. The summed E-state index contributed by atoms with van der Waals surface area (Å²) in [5.74, 6) is -0.472. The van der Waals surface area contributed by atoms with E-state index in [9.17, 15) is 9.59 Å². The van der Waals surface area contributed by atoms with Gasteiger partial charge >= 0.3 is 0 Å². The van der Waals surface area contributed by atoms with Crippen molar-refractivity contribution in [3.05, 3.63) is 65.8 Å². The van der Waals surface area contributed by atoms with Crippen molar-refractivity contribution in [2.24, 2.45) is 0 Å². The lowest BCUT2D eigenvalue weighted by atomic mass is 10.1. The summed E-state index contributed by atoms with van der Waals surface area (Å²) in [7, 11) is 0. The molecule has 0 unspecified atom stereocenters. The van der Waals surface area contributed by atoms with Crippen LogP contribution in [0.4, 0.5) is 0 Å². The Morgan fingerprint density at radius 1 is 1.04 bits per heavy atom. The van der Waals surface area contributed by atoms with Crippen LogP contribution in [0.2, 0.25) is 0 Å². The van der Waals surface area contributed by atoms with Crippen LogP contribution in [0.5, 0.6) is 0 Å². The summed E-state index contributed by atoms with van der Waals surface area (Å²) >= 11 is 0. The lowest BCUT2D eigenvalue weighted by Gasteiger charge is -2.27. The standard InChI is InChI=1S/C22H26N4O2/c1-2-25(17-9-12-18-10-5-3-6-11-18)21(27)19-20(24-14-13-23-19)22(28)26-15-7-4-8-16-26/h3,5-6,9-14H,2,4,7-8,15-17H2,1H3. The number of aromatic nitrogens is 2. The lowest BCUT2D eigenvalue weighted by molar-refractivity contribution is 0.0695. The molecule has 1 aromatic heterocycles. The van der Waals surface area contributed by atoms with Crippen LogP contribution in [-0.2, 0) is 0 Å². The molecule has 1 fully saturated rings. The zero-order valence-electron chi connectivity index (χ0n) is 16.3. The van der Waals surface area contributed by atoms with Crippen LogP contribution < -0.4 is 0 Å². The first-order valence-electron chi connectivity index (χ1n) is 9.82. The summed E-state index contributed by atoms with van der Waals surface area (Å²) in [6.07, 6.45) is 9.97. The monoisotopic (exact) mass is 378 g/mol. The van der Waals surface area contributed by atoms with Crippen LogP contribution >= 0.6 is 0 Å². The van der Waals surface area contributed by atoms with Crippen LogP contribution in [0.25, 0.3) is 6.08 Å². The number of benzene rings is 1. The molecule has 0 spiro atoms. The second-order valence-corrected chi connectivity index (χ2v) is 6.76. The second kappa shape index (κ2) is 9.78. The third-order valence-electron chi connectivity index (χ3n) is 4.85.